The summed E-state index contributed by atoms with van der Waals surface area (Å²) in [5.74, 6) is 0.466. The van der Waals surface area contributed by atoms with Crippen LogP contribution in [0.2, 0.25) is 0 Å². The second-order valence-electron chi connectivity index (χ2n) is 6.85. The Morgan fingerprint density at radius 3 is 2.58 bits per heavy atom. The Bertz CT molecular complexity index is 884. The maximum Gasteiger partial charge on any atom is 0.247 e. The number of fused-ring (bicyclic) bond motifs is 1. The van der Waals surface area contributed by atoms with Crippen LogP contribution >= 0.6 is 15.9 Å². The van der Waals surface area contributed by atoms with E-state index in [0.717, 1.165) is 26.9 Å². The van der Waals surface area contributed by atoms with Crippen molar-refractivity contribution in [2.75, 3.05) is 7.11 Å². The SMILES string of the molecule is COc1ccc(Br)c2c1C[C@@]1(C2)NC(=O)[C@H](Cc2ccccc2)NC1=O. The number of hydrogen-bond donors (Lipinski definition) is 2. The lowest BCUT2D eigenvalue weighted by atomic mass is 9.89. The van der Waals surface area contributed by atoms with Gasteiger partial charge in [-0.2, -0.15) is 0 Å². The number of carbonyl (C=O) groups excluding carboxylic acids is 2. The number of nitrogens with one attached hydrogen (secondary N) is 2. The van der Waals surface area contributed by atoms with Gasteiger partial charge in [-0.15, -0.1) is 0 Å². The van der Waals surface area contributed by atoms with Crippen molar-refractivity contribution in [3.63, 3.8) is 0 Å². The van der Waals surface area contributed by atoms with Crippen LogP contribution in [0.1, 0.15) is 16.7 Å². The molecule has 1 aliphatic carbocycles. The minimum atomic E-state index is -0.941. The van der Waals surface area contributed by atoms with E-state index in [9.17, 15) is 9.59 Å². The average Bonchev–Trinajstić information content (AvgIpc) is 3.02. The van der Waals surface area contributed by atoms with Crippen LogP contribution in [0.3, 0.4) is 0 Å². The number of methoxy groups -OCH3 is 1. The van der Waals surface area contributed by atoms with Gasteiger partial charge in [0.25, 0.3) is 0 Å². The van der Waals surface area contributed by atoms with Gasteiger partial charge in [-0.25, -0.2) is 0 Å². The van der Waals surface area contributed by atoms with Crippen LogP contribution in [0.4, 0.5) is 0 Å². The van der Waals surface area contributed by atoms with Crippen LogP contribution in [-0.4, -0.2) is 30.5 Å². The zero-order valence-electron chi connectivity index (χ0n) is 14.3. The first kappa shape index (κ1) is 17.1. The summed E-state index contributed by atoms with van der Waals surface area (Å²) < 4.78 is 6.37. The van der Waals surface area contributed by atoms with Gasteiger partial charge in [-0.3, -0.25) is 9.59 Å². The Balaban J connectivity index is 1.58. The molecule has 2 aromatic carbocycles. The van der Waals surface area contributed by atoms with E-state index < -0.39 is 11.6 Å². The Morgan fingerprint density at radius 1 is 1.12 bits per heavy atom. The van der Waals surface area contributed by atoms with E-state index in [1.807, 2.05) is 42.5 Å². The number of halogens is 1. The van der Waals surface area contributed by atoms with Crippen molar-refractivity contribution in [2.24, 2.45) is 0 Å². The number of benzene rings is 2. The lowest BCUT2D eigenvalue weighted by molar-refractivity contribution is -0.141. The standard InChI is InChI=1S/C20H19BrN2O3/c1-26-17-8-7-15(21)13-10-20(11-14(13)17)19(25)22-16(18(24)23-20)9-12-5-3-2-4-6-12/h2-8,16H,9-11H2,1H3,(H,22,25)(H,23,24)/t16-,20+/m0/s1. The zero-order chi connectivity index (χ0) is 18.3. The fourth-order valence-electron chi connectivity index (χ4n) is 3.87. The van der Waals surface area contributed by atoms with Gasteiger partial charge in [-0.05, 0) is 23.3 Å². The summed E-state index contributed by atoms with van der Waals surface area (Å²) in [4.78, 5) is 25.7. The minimum Gasteiger partial charge on any atom is -0.496 e. The maximum absolute atomic E-state index is 13.0. The van der Waals surface area contributed by atoms with E-state index in [-0.39, 0.29) is 11.8 Å². The molecule has 1 heterocycles. The van der Waals surface area contributed by atoms with Crippen LogP contribution in [0.15, 0.2) is 46.9 Å². The molecule has 4 rings (SSSR count). The van der Waals surface area contributed by atoms with Crippen LogP contribution in [0.25, 0.3) is 0 Å². The summed E-state index contributed by atoms with van der Waals surface area (Å²) in [6.07, 6.45) is 1.37. The molecule has 2 aromatic rings. The first-order valence-corrected chi connectivity index (χ1v) is 9.33. The Hall–Kier alpha value is -2.34. The normalized spacial score (nSPS) is 24.2. The molecule has 2 N–H and O–H groups in total. The minimum absolute atomic E-state index is 0.136. The van der Waals surface area contributed by atoms with Crippen molar-refractivity contribution in [3.05, 3.63) is 63.6 Å². The van der Waals surface area contributed by atoms with E-state index in [1.165, 1.54) is 0 Å². The van der Waals surface area contributed by atoms with Crippen LogP contribution < -0.4 is 15.4 Å². The molecule has 134 valence electrons. The highest BCUT2D eigenvalue weighted by molar-refractivity contribution is 9.10. The molecule has 1 spiro atoms. The van der Waals surface area contributed by atoms with Gasteiger partial charge < -0.3 is 15.4 Å². The third kappa shape index (κ3) is 2.78. The van der Waals surface area contributed by atoms with Gasteiger partial charge in [0.05, 0.1) is 7.11 Å². The predicted octanol–water partition coefficient (Wildman–Crippen LogP) is 2.15. The Kier molecular flexibility index (Phi) is 4.23. The number of amides is 2. The molecule has 1 saturated heterocycles. The Morgan fingerprint density at radius 2 is 1.85 bits per heavy atom. The van der Waals surface area contributed by atoms with Gasteiger partial charge in [0, 0.05) is 29.3 Å². The van der Waals surface area contributed by atoms with Crippen molar-refractivity contribution < 1.29 is 14.3 Å². The fourth-order valence-corrected chi connectivity index (χ4v) is 4.38. The highest BCUT2D eigenvalue weighted by atomic mass is 79.9. The summed E-state index contributed by atoms with van der Waals surface area (Å²) >= 11 is 3.55. The second-order valence-corrected chi connectivity index (χ2v) is 7.70. The first-order chi connectivity index (χ1) is 12.5. The molecular weight excluding hydrogens is 396 g/mol. The molecule has 0 bridgehead atoms. The Labute approximate surface area is 160 Å². The van der Waals surface area contributed by atoms with Gasteiger partial charge in [0.2, 0.25) is 11.8 Å². The predicted molar refractivity (Wildman–Crippen MR) is 101 cm³/mol. The van der Waals surface area contributed by atoms with Crippen molar-refractivity contribution in [2.45, 2.75) is 30.8 Å². The summed E-state index contributed by atoms with van der Waals surface area (Å²) in [6.45, 7) is 0. The first-order valence-electron chi connectivity index (χ1n) is 8.53. The van der Waals surface area contributed by atoms with Crippen molar-refractivity contribution in [1.82, 2.24) is 10.6 Å². The number of hydrogen-bond acceptors (Lipinski definition) is 3. The molecule has 26 heavy (non-hydrogen) atoms. The molecule has 1 aliphatic heterocycles. The summed E-state index contributed by atoms with van der Waals surface area (Å²) in [7, 11) is 1.62. The third-order valence-electron chi connectivity index (χ3n) is 5.21. The molecule has 0 aromatic heterocycles. The quantitative estimate of drug-likeness (QED) is 0.808. The molecule has 0 unspecified atom stereocenters. The highest BCUT2D eigenvalue weighted by Gasteiger charge is 2.51. The topological polar surface area (TPSA) is 67.4 Å². The van der Waals surface area contributed by atoms with E-state index in [2.05, 4.69) is 26.6 Å². The van der Waals surface area contributed by atoms with Crippen molar-refractivity contribution in [1.29, 1.82) is 0 Å². The molecule has 2 aliphatic rings. The summed E-state index contributed by atoms with van der Waals surface area (Å²) in [5, 5.41) is 5.94. The molecule has 2 atom stereocenters. The monoisotopic (exact) mass is 414 g/mol. The molecule has 2 amide bonds. The van der Waals surface area contributed by atoms with Gasteiger partial charge in [0.1, 0.15) is 17.3 Å². The number of rotatable bonds is 3. The molecular formula is C20H19BrN2O3. The van der Waals surface area contributed by atoms with Crippen molar-refractivity contribution in [3.8, 4) is 5.75 Å². The summed E-state index contributed by atoms with van der Waals surface area (Å²) in [5.41, 5.74) is 2.06. The van der Waals surface area contributed by atoms with Crippen molar-refractivity contribution >= 4 is 27.7 Å². The van der Waals surface area contributed by atoms with Crippen LogP contribution in [0, 0.1) is 0 Å². The number of ether oxygens (including phenoxy) is 1. The van der Waals surface area contributed by atoms with E-state index in [0.29, 0.717) is 19.3 Å². The average molecular weight is 415 g/mol. The molecule has 5 nitrogen and oxygen atoms in total. The molecule has 1 fully saturated rings. The van der Waals surface area contributed by atoms with Gasteiger partial charge in [-0.1, -0.05) is 46.3 Å². The fraction of sp³-hybridized carbons (Fsp3) is 0.300. The second kappa shape index (κ2) is 6.43. The summed E-state index contributed by atoms with van der Waals surface area (Å²) in [6, 6.07) is 12.9. The van der Waals surface area contributed by atoms with Gasteiger partial charge >= 0.3 is 0 Å². The highest BCUT2D eigenvalue weighted by Crippen LogP contribution is 2.41. The van der Waals surface area contributed by atoms with E-state index >= 15 is 0 Å². The maximum atomic E-state index is 13.0. The smallest absolute Gasteiger partial charge is 0.247 e. The largest absolute Gasteiger partial charge is 0.496 e. The van der Waals surface area contributed by atoms with Crippen LogP contribution in [-0.2, 0) is 28.9 Å². The molecule has 0 saturated carbocycles. The van der Waals surface area contributed by atoms with Crippen LogP contribution in [0.5, 0.6) is 5.75 Å². The number of piperazine rings is 1. The van der Waals surface area contributed by atoms with Gasteiger partial charge in [0.15, 0.2) is 0 Å². The zero-order valence-corrected chi connectivity index (χ0v) is 15.9. The van der Waals surface area contributed by atoms with E-state index in [1.54, 1.807) is 7.11 Å². The lowest BCUT2D eigenvalue weighted by Crippen LogP contribution is -2.70. The lowest BCUT2D eigenvalue weighted by Gasteiger charge is -2.37. The third-order valence-corrected chi connectivity index (χ3v) is 5.95. The number of carbonyl (C=O) groups is 2. The molecule has 0 radical (unpaired) electrons. The molecule has 6 heteroatoms. The van der Waals surface area contributed by atoms with E-state index in [4.69, 9.17) is 4.74 Å².